The van der Waals surface area contributed by atoms with Gasteiger partial charge in [0.1, 0.15) is 0 Å². The number of unbranched alkanes of at least 4 members (excludes halogenated alkanes) is 9. The highest BCUT2D eigenvalue weighted by Gasteiger charge is 1.91. The van der Waals surface area contributed by atoms with Crippen LogP contribution >= 0.6 is 11.8 Å². The standard InChI is InChI=1S/C13H28S.ClHO3/c1-3-4-5-6-7-8-9-10-11-12-13-14-2;2-1(3)4/h3-13H2,1-2H3;2H. The van der Waals surface area contributed by atoms with Gasteiger partial charge >= 0.3 is 0 Å². The number of hydrogen-bond donors (Lipinski definition) is 1. The van der Waals surface area contributed by atoms with Gasteiger partial charge in [-0.1, -0.05) is 64.7 Å². The summed E-state index contributed by atoms with van der Waals surface area (Å²) in [6.45, 7) is 2.28. The van der Waals surface area contributed by atoms with E-state index in [1.807, 2.05) is 11.8 Å². The molecule has 0 aliphatic heterocycles. The first-order valence-corrected chi connectivity index (χ1v) is 9.23. The van der Waals surface area contributed by atoms with Crippen LogP contribution in [-0.2, 0) is 0 Å². The highest BCUT2D eigenvalue weighted by Crippen LogP contribution is 2.11. The maximum atomic E-state index is 8.52. The number of rotatable bonds is 11. The van der Waals surface area contributed by atoms with Crippen molar-refractivity contribution in [2.75, 3.05) is 12.0 Å². The van der Waals surface area contributed by atoms with Crippen LogP contribution in [0.5, 0.6) is 0 Å². The van der Waals surface area contributed by atoms with Crippen molar-refractivity contribution in [2.24, 2.45) is 0 Å². The fourth-order valence-electron chi connectivity index (χ4n) is 1.73. The predicted octanol–water partition coefficient (Wildman–Crippen LogP) is 2.34. The van der Waals surface area contributed by atoms with E-state index in [2.05, 4.69) is 13.2 Å². The molecule has 0 unspecified atom stereocenters. The minimum atomic E-state index is -2.60. The SMILES string of the molecule is CCCCCCCCCCCCSC.[O-][Cl+2]([O-])O. The van der Waals surface area contributed by atoms with Crippen molar-refractivity contribution in [3.8, 4) is 0 Å². The van der Waals surface area contributed by atoms with Gasteiger partial charge in [-0.2, -0.15) is 11.8 Å². The van der Waals surface area contributed by atoms with Gasteiger partial charge in [0.15, 0.2) is 0 Å². The van der Waals surface area contributed by atoms with Gasteiger partial charge in [-0.25, -0.2) is 0 Å². The molecule has 0 aromatic carbocycles. The molecule has 1 N–H and O–H groups in total. The lowest BCUT2D eigenvalue weighted by molar-refractivity contribution is -1.63. The molecule has 3 nitrogen and oxygen atoms in total. The fraction of sp³-hybridized carbons (Fsp3) is 1.00. The first-order valence-electron chi connectivity index (χ1n) is 6.88. The quantitative estimate of drug-likeness (QED) is 0.595. The van der Waals surface area contributed by atoms with Crippen LogP contribution in [0.1, 0.15) is 71.1 Å². The molecule has 0 atom stereocenters. The van der Waals surface area contributed by atoms with E-state index in [1.165, 1.54) is 70.0 Å². The highest BCUT2D eigenvalue weighted by molar-refractivity contribution is 7.98. The summed E-state index contributed by atoms with van der Waals surface area (Å²) in [6, 6.07) is 0. The van der Waals surface area contributed by atoms with E-state index in [1.54, 1.807) is 0 Å². The lowest BCUT2D eigenvalue weighted by Crippen LogP contribution is -2.30. The summed E-state index contributed by atoms with van der Waals surface area (Å²) in [5, 5.41) is 0. The molecule has 0 aromatic heterocycles. The second-order valence-corrected chi connectivity index (χ2v) is 5.76. The largest absolute Gasteiger partial charge is 0.321 e. The predicted molar refractivity (Wildman–Crippen MR) is 72.4 cm³/mol. The lowest BCUT2D eigenvalue weighted by Gasteiger charge is -2.01. The van der Waals surface area contributed by atoms with Gasteiger partial charge in [-0.05, 0) is 18.4 Å². The van der Waals surface area contributed by atoms with E-state index in [0.717, 1.165) is 0 Å². The molecule has 0 aliphatic rings. The number of hydrogen-bond acceptors (Lipinski definition) is 4. The minimum absolute atomic E-state index is 1.36. The van der Waals surface area contributed by atoms with Crippen LogP contribution in [0.15, 0.2) is 0 Å². The van der Waals surface area contributed by atoms with E-state index in [-0.39, 0.29) is 0 Å². The molecule has 0 rings (SSSR count). The van der Waals surface area contributed by atoms with Crippen LogP contribution in [0.4, 0.5) is 0 Å². The Bertz CT molecular complexity index is 123. The van der Waals surface area contributed by atoms with Gasteiger partial charge in [-0.15, -0.1) is 0 Å². The van der Waals surface area contributed by atoms with Gasteiger partial charge in [0.25, 0.3) is 10.8 Å². The summed E-state index contributed by atoms with van der Waals surface area (Å²) in [6.07, 6.45) is 16.7. The van der Waals surface area contributed by atoms with Crippen LogP contribution in [0, 0.1) is 10.8 Å². The third kappa shape index (κ3) is 30.0. The van der Waals surface area contributed by atoms with E-state index in [4.69, 9.17) is 14.0 Å². The summed E-state index contributed by atoms with van der Waals surface area (Å²) in [5.41, 5.74) is 0. The Labute approximate surface area is 120 Å². The van der Waals surface area contributed by atoms with Gasteiger partial charge in [0, 0.05) is 4.66 Å². The first-order chi connectivity index (χ1) is 8.65. The third-order valence-electron chi connectivity index (χ3n) is 2.70. The number of halogens is 1. The average molecular weight is 301 g/mol. The van der Waals surface area contributed by atoms with Crippen LogP contribution in [0.3, 0.4) is 0 Å². The average Bonchev–Trinajstić information content (AvgIpc) is 2.31. The zero-order chi connectivity index (χ0) is 14.1. The molecule has 0 aliphatic carbocycles. The van der Waals surface area contributed by atoms with Gasteiger partial charge in [-0.3, -0.25) is 0 Å². The lowest BCUT2D eigenvalue weighted by atomic mass is 10.1. The third-order valence-corrected chi connectivity index (χ3v) is 3.40. The van der Waals surface area contributed by atoms with Crippen molar-refractivity contribution >= 4 is 11.8 Å². The monoisotopic (exact) mass is 300 g/mol. The van der Waals surface area contributed by atoms with Crippen molar-refractivity contribution in [1.82, 2.24) is 0 Å². The Morgan fingerprint density at radius 2 is 1.17 bits per heavy atom. The molecule has 0 fully saturated rings. The van der Waals surface area contributed by atoms with Crippen molar-refractivity contribution < 1.29 is 24.8 Å². The second-order valence-electron chi connectivity index (χ2n) is 4.38. The number of thioether (sulfide) groups is 1. The maximum absolute atomic E-state index is 8.52. The molecule has 0 saturated carbocycles. The molecular formula is C13H29ClO3S. The van der Waals surface area contributed by atoms with Crippen LogP contribution < -0.4 is 9.32 Å². The zero-order valence-electron chi connectivity index (χ0n) is 11.8. The van der Waals surface area contributed by atoms with Crippen LogP contribution in [0.2, 0.25) is 0 Å². The normalized spacial score (nSPS) is 10.3. The van der Waals surface area contributed by atoms with Crippen molar-refractivity contribution in [3.63, 3.8) is 0 Å². The first kappa shape index (κ1) is 20.8. The van der Waals surface area contributed by atoms with Gasteiger partial charge in [0.2, 0.25) is 0 Å². The fourth-order valence-corrected chi connectivity index (χ4v) is 2.23. The molecule has 0 amide bonds. The summed E-state index contributed by atoms with van der Waals surface area (Å²) in [7, 11) is -2.60. The molecule has 112 valence electrons. The molecule has 0 radical (unpaired) electrons. The van der Waals surface area contributed by atoms with E-state index >= 15 is 0 Å². The molecule has 0 heterocycles. The topological polar surface area (TPSA) is 66.3 Å². The van der Waals surface area contributed by atoms with Crippen molar-refractivity contribution in [1.29, 1.82) is 0 Å². The Balaban J connectivity index is 0. The molecule has 0 bridgehead atoms. The van der Waals surface area contributed by atoms with Gasteiger partial charge in [0.05, 0.1) is 0 Å². The Kier molecular flexibility index (Phi) is 23.0. The summed E-state index contributed by atoms with van der Waals surface area (Å²) in [4.78, 5) is 0. The molecular weight excluding hydrogens is 272 g/mol. The van der Waals surface area contributed by atoms with E-state index in [9.17, 15) is 0 Å². The smallest absolute Gasteiger partial charge is 0.282 e. The molecule has 5 heteroatoms. The molecule has 0 spiro atoms. The van der Waals surface area contributed by atoms with Gasteiger partial charge < -0.3 is 9.32 Å². The Morgan fingerprint density at radius 3 is 1.50 bits per heavy atom. The van der Waals surface area contributed by atoms with E-state index < -0.39 is 10.8 Å². The van der Waals surface area contributed by atoms with Crippen LogP contribution in [-0.4, -0.2) is 16.7 Å². The van der Waals surface area contributed by atoms with Crippen LogP contribution in [0.25, 0.3) is 0 Å². The summed E-state index contributed by atoms with van der Waals surface area (Å²) < 4.78 is 24.0. The second kappa shape index (κ2) is 19.9. The van der Waals surface area contributed by atoms with Crippen molar-refractivity contribution in [3.05, 3.63) is 0 Å². The summed E-state index contributed by atoms with van der Waals surface area (Å²) in [5.74, 6) is 1.36. The molecule has 0 aromatic rings. The van der Waals surface area contributed by atoms with Crippen molar-refractivity contribution in [2.45, 2.75) is 71.1 Å². The zero-order valence-corrected chi connectivity index (χ0v) is 13.4. The maximum Gasteiger partial charge on any atom is 0.282 e. The Morgan fingerprint density at radius 1 is 0.833 bits per heavy atom. The van der Waals surface area contributed by atoms with E-state index in [0.29, 0.717) is 0 Å². The Hall–Kier alpha value is 0.520. The molecule has 0 saturated heterocycles. The summed E-state index contributed by atoms with van der Waals surface area (Å²) >= 11 is 1.98. The highest BCUT2D eigenvalue weighted by atomic mass is 35.6. The molecule has 18 heavy (non-hydrogen) atoms. The minimum Gasteiger partial charge on any atom is -0.321 e.